The van der Waals surface area contributed by atoms with E-state index in [0.717, 1.165) is 22.1 Å². The lowest BCUT2D eigenvalue weighted by Crippen LogP contribution is -2.26. The van der Waals surface area contributed by atoms with E-state index in [2.05, 4.69) is 169 Å². The summed E-state index contributed by atoms with van der Waals surface area (Å²) in [6.45, 7) is 0. The third kappa shape index (κ3) is 3.81. The average molecular weight is 594 g/mol. The molecule has 212 valence electrons. The van der Waals surface area contributed by atoms with Gasteiger partial charge in [0.05, 0.1) is 5.41 Å². The Kier molecular flexibility index (Phi) is 5.84. The maximum Gasteiger partial charge on any atom is 0.0726 e. The van der Waals surface area contributed by atoms with Crippen molar-refractivity contribution in [3.05, 3.63) is 197 Å². The third-order valence-corrected chi connectivity index (χ3v) is 9.78. The van der Waals surface area contributed by atoms with Crippen LogP contribution in [0.15, 0.2) is 170 Å². The lowest BCUT2D eigenvalue weighted by molar-refractivity contribution is 0.793. The second-order valence-corrected chi connectivity index (χ2v) is 12.3. The Bertz CT molecular complexity index is 2210. The number of rotatable bonds is 4. The fourth-order valence-electron chi connectivity index (χ4n) is 7.70. The first-order valence-corrected chi connectivity index (χ1v) is 15.8. The molecule has 0 fully saturated rings. The normalized spacial score (nSPS) is 15.3. The number of nitrogens with zero attached hydrogens (tertiary/aromatic N) is 1. The van der Waals surface area contributed by atoms with Crippen LogP contribution >= 0.6 is 11.6 Å². The van der Waals surface area contributed by atoms with Gasteiger partial charge in [0, 0.05) is 22.1 Å². The van der Waals surface area contributed by atoms with Crippen molar-refractivity contribution in [2.75, 3.05) is 4.90 Å². The topological polar surface area (TPSA) is 3.24 Å². The first-order valence-electron chi connectivity index (χ1n) is 15.4. The van der Waals surface area contributed by atoms with Crippen molar-refractivity contribution in [2.24, 2.45) is 0 Å². The predicted octanol–water partition coefficient (Wildman–Crippen LogP) is 11.8. The molecule has 1 nitrogen and oxygen atoms in total. The van der Waals surface area contributed by atoms with Gasteiger partial charge >= 0.3 is 0 Å². The van der Waals surface area contributed by atoms with Gasteiger partial charge in [-0.15, -0.1) is 0 Å². The molecule has 0 aromatic heterocycles. The molecule has 0 saturated heterocycles. The van der Waals surface area contributed by atoms with Crippen molar-refractivity contribution in [3.8, 4) is 33.4 Å². The number of anilines is 3. The summed E-state index contributed by atoms with van der Waals surface area (Å²) in [5, 5.41) is 0.757. The summed E-state index contributed by atoms with van der Waals surface area (Å²) in [4.78, 5) is 2.37. The molecule has 7 aromatic carbocycles. The van der Waals surface area contributed by atoms with E-state index in [1.807, 2.05) is 6.07 Å². The lowest BCUT2D eigenvalue weighted by Gasteiger charge is -2.32. The van der Waals surface area contributed by atoms with E-state index in [4.69, 9.17) is 11.6 Å². The molecule has 0 N–H and O–H groups in total. The van der Waals surface area contributed by atoms with Crippen LogP contribution in [0.2, 0.25) is 5.02 Å². The third-order valence-electron chi connectivity index (χ3n) is 9.54. The standard InChI is InChI=1S/C43H28ClN/c44-31-21-25-37-35-15-7-9-17-39(35)43(41(37)27-31)40-18-10-8-16-36(40)38-26-24-34(28-42(38)43)45(32-13-5-2-6-14-32)33-22-19-30(20-23-33)29-11-3-1-4-12-29/h1-28H/t43-/m0/s1. The molecule has 0 bridgehead atoms. The number of halogens is 1. The summed E-state index contributed by atoms with van der Waals surface area (Å²) < 4.78 is 0. The second-order valence-electron chi connectivity index (χ2n) is 11.8. The highest BCUT2D eigenvalue weighted by atomic mass is 35.5. The Morgan fingerprint density at radius 1 is 0.356 bits per heavy atom. The van der Waals surface area contributed by atoms with Crippen LogP contribution in [0.3, 0.4) is 0 Å². The zero-order valence-corrected chi connectivity index (χ0v) is 25.2. The van der Waals surface area contributed by atoms with Crippen LogP contribution in [0, 0.1) is 0 Å². The number of para-hydroxylation sites is 1. The fourth-order valence-corrected chi connectivity index (χ4v) is 7.87. The van der Waals surface area contributed by atoms with Crippen molar-refractivity contribution in [1.29, 1.82) is 0 Å². The zero-order chi connectivity index (χ0) is 30.0. The summed E-state index contributed by atoms with van der Waals surface area (Å²) in [6, 6.07) is 61.3. The van der Waals surface area contributed by atoms with E-state index < -0.39 is 5.41 Å². The predicted molar refractivity (Wildman–Crippen MR) is 188 cm³/mol. The van der Waals surface area contributed by atoms with Gasteiger partial charge in [0.2, 0.25) is 0 Å². The molecule has 0 unspecified atom stereocenters. The summed E-state index contributed by atoms with van der Waals surface area (Å²) in [7, 11) is 0. The largest absolute Gasteiger partial charge is 0.310 e. The molecule has 45 heavy (non-hydrogen) atoms. The molecule has 0 heterocycles. The smallest absolute Gasteiger partial charge is 0.0726 e. The van der Waals surface area contributed by atoms with Gasteiger partial charge in [-0.3, -0.25) is 0 Å². The Hall–Kier alpha value is -5.37. The molecule has 2 aliphatic rings. The number of hydrogen-bond acceptors (Lipinski definition) is 1. The fraction of sp³-hybridized carbons (Fsp3) is 0.0233. The molecule has 0 saturated carbocycles. The molecule has 0 amide bonds. The van der Waals surface area contributed by atoms with Crippen LogP contribution in [0.5, 0.6) is 0 Å². The van der Waals surface area contributed by atoms with E-state index in [9.17, 15) is 0 Å². The van der Waals surface area contributed by atoms with E-state index >= 15 is 0 Å². The Labute approximate surface area is 268 Å². The van der Waals surface area contributed by atoms with E-state index in [0.29, 0.717) is 0 Å². The van der Waals surface area contributed by atoms with Gasteiger partial charge in [-0.1, -0.05) is 133 Å². The Morgan fingerprint density at radius 2 is 0.822 bits per heavy atom. The number of hydrogen-bond donors (Lipinski definition) is 0. The van der Waals surface area contributed by atoms with Gasteiger partial charge in [-0.25, -0.2) is 0 Å². The average Bonchev–Trinajstić information content (AvgIpc) is 3.56. The Morgan fingerprint density at radius 3 is 1.49 bits per heavy atom. The van der Waals surface area contributed by atoms with Crippen molar-refractivity contribution in [2.45, 2.75) is 5.41 Å². The van der Waals surface area contributed by atoms with Crippen LogP contribution in [0.25, 0.3) is 33.4 Å². The molecular formula is C43H28ClN. The van der Waals surface area contributed by atoms with Crippen LogP contribution in [0.4, 0.5) is 17.1 Å². The van der Waals surface area contributed by atoms with Crippen LogP contribution in [-0.2, 0) is 5.41 Å². The van der Waals surface area contributed by atoms with Crippen molar-refractivity contribution >= 4 is 28.7 Å². The van der Waals surface area contributed by atoms with E-state index in [1.165, 1.54) is 55.6 Å². The number of fused-ring (bicyclic) bond motifs is 10. The van der Waals surface area contributed by atoms with Crippen LogP contribution in [-0.4, -0.2) is 0 Å². The molecule has 2 heteroatoms. The molecule has 9 rings (SSSR count). The quantitative estimate of drug-likeness (QED) is 0.196. The molecule has 0 radical (unpaired) electrons. The molecular weight excluding hydrogens is 566 g/mol. The van der Waals surface area contributed by atoms with Crippen LogP contribution in [0.1, 0.15) is 22.3 Å². The summed E-state index contributed by atoms with van der Waals surface area (Å²) in [6.07, 6.45) is 0. The van der Waals surface area contributed by atoms with Gasteiger partial charge in [-0.2, -0.15) is 0 Å². The van der Waals surface area contributed by atoms with Gasteiger partial charge in [-0.05, 0) is 104 Å². The van der Waals surface area contributed by atoms with E-state index in [-0.39, 0.29) is 0 Å². The minimum Gasteiger partial charge on any atom is -0.310 e. The summed E-state index contributed by atoms with van der Waals surface area (Å²) in [5.74, 6) is 0. The monoisotopic (exact) mass is 593 g/mol. The maximum atomic E-state index is 6.77. The minimum atomic E-state index is -0.460. The SMILES string of the molecule is Clc1ccc2c(c1)[C@]1(c3ccccc3-2)c2ccccc2-c2ccc(N(c3ccccc3)c3ccc(-c4ccccc4)cc3)cc21. The number of benzene rings is 7. The molecule has 7 aromatic rings. The van der Waals surface area contributed by atoms with Crippen molar-refractivity contribution in [1.82, 2.24) is 0 Å². The van der Waals surface area contributed by atoms with Crippen molar-refractivity contribution in [3.63, 3.8) is 0 Å². The minimum absolute atomic E-state index is 0.460. The lowest BCUT2D eigenvalue weighted by atomic mass is 9.70. The highest BCUT2D eigenvalue weighted by Crippen LogP contribution is 2.63. The first-order chi connectivity index (χ1) is 22.2. The molecule has 0 aliphatic heterocycles. The van der Waals surface area contributed by atoms with Gasteiger partial charge in [0.25, 0.3) is 0 Å². The van der Waals surface area contributed by atoms with Gasteiger partial charge in [0.15, 0.2) is 0 Å². The summed E-state index contributed by atoms with van der Waals surface area (Å²) in [5.41, 5.74) is 15.5. The highest BCUT2D eigenvalue weighted by molar-refractivity contribution is 6.30. The zero-order valence-electron chi connectivity index (χ0n) is 24.5. The highest BCUT2D eigenvalue weighted by Gasteiger charge is 2.51. The van der Waals surface area contributed by atoms with E-state index in [1.54, 1.807) is 0 Å². The Balaban J connectivity index is 1.29. The van der Waals surface area contributed by atoms with Gasteiger partial charge in [0.1, 0.15) is 0 Å². The van der Waals surface area contributed by atoms with Crippen molar-refractivity contribution < 1.29 is 0 Å². The molecule has 1 spiro atoms. The molecule has 2 aliphatic carbocycles. The van der Waals surface area contributed by atoms with Gasteiger partial charge < -0.3 is 4.90 Å². The summed E-state index contributed by atoms with van der Waals surface area (Å²) >= 11 is 6.77. The maximum absolute atomic E-state index is 6.77. The second kappa shape index (κ2) is 10.1. The first kappa shape index (κ1) is 26.1. The molecule has 1 atom stereocenters. The van der Waals surface area contributed by atoms with Crippen LogP contribution < -0.4 is 4.90 Å².